The number of carbonyl (C=O) groups excluding carboxylic acids is 1. The Bertz CT molecular complexity index is 759. The van der Waals surface area contributed by atoms with E-state index in [-0.39, 0.29) is 11.5 Å². The number of rotatable bonds is 3. The summed E-state index contributed by atoms with van der Waals surface area (Å²) in [5.74, 6) is 1.87. The summed E-state index contributed by atoms with van der Waals surface area (Å²) in [7, 11) is 1.64. The highest BCUT2D eigenvalue weighted by Gasteiger charge is 2.37. The Balaban J connectivity index is 1.45. The minimum atomic E-state index is -0.0280. The fraction of sp³-hybridized carbons (Fsp3) is 0.476. The average molecular weight is 355 g/mol. The number of methoxy groups -OCH3 is 1. The van der Waals surface area contributed by atoms with Gasteiger partial charge >= 0.3 is 0 Å². The van der Waals surface area contributed by atoms with Crippen LogP contribution in [0.2, 0.25) is 0 Å². The van der Waals surface area contributed by atoms with Crippen molar-refractivity contribution in [3.8, 4) is 17.1 Å². The number of hydrogen-bond acceptors (Lipinski definition) is 4. The van der Waals surface area contributed by atoms with Gasteiger partial charge in [-0.3, -0.25) is 4.79 Å². The van der Waals surface area contributed by atoms with Crippen molar-refractivity contribution in [2.24, 2.45) is 0 Å². The molecule has 2 aliphatic heterocycles. The van der Waals surface area contributed by atoms with E-state index in [1.165, 1.54) is 0 Å². The van der Waals surface area contributed by atoms with Crippen molar-refractivity contribution in [2.75, 3.05) is 26.8 Å². The minimum absolute atomic E-state index is 0.00640. The van der Waals surface area contributed by atoms with Gasteiger partial charge < -0.3 is 18.8 Å². The number of amides is 1. The molecular weight excluding hydrogens is 330 g/mol. The molecule has 0 saturated carbocycles. The number of furan rings is 1. The van der Waals surface area contributed by atoms with E-state index >= 15 is 0 Å². The van der Waals surface area contributed by atoms with E-state index in [4.69, 9.17) is 13.9 Å². The molecule has 0 unspecified atom stereocenters. The van der Waals surface area contributed by atoms with E-state index in [1.54, 1.807) is 13.2 Å². The molecule has 3 heterocycles. The second-order valence-electron chi connectivity index (χ2n) is 7.17. The SMILES string of the molecule is COc1ccc(-c2ccc(C(=O)N3CCC[C@@]4(CCCO4)CC3)o2)cc1. The Hall–Kier alpha value is -2.27. The van der Waals surface area contributed by atoms with Crippen LogP contribution in [-0.4, -0.2) is 43.2 Å². The topological polar surface area (TPSA) is 51.9 Å². The maximum absolute atomic E-state index is 12.9. The lowest BCUT2D eigenvalue weighted by molar-refractivity contribution is -0.00697. The van der Waals surface area contributed by atoms with Gasteiger partial charge in [0.15, 0.2) is 5.76 Å². The third-order valence-electron chi connectivity index (χ3n) is 5.56. The Labute approximate surface area is 153 Å². The van der Waals surface area contributed by atoms with Gasteiger partial charge in [-0.05, 0) is 68.5 Å². The molecule has 5 heteroatoms. The molecule has 1 atom stereocenters. The normalized spacial score (nSPS) is 23.2. The third-order valence-corrected chi connectivity index (χ3v) is 5.56. The lowest BCUT2D eigenvalue weighted by Crippen LogP contribution is -2.34. The summed E-state index contributed by atoms with van der Waals surface area (Å²) >= 11 is 0. The minimum Gasteiger partial charge on any atom is -0.497 e. The van der Waals surface area contributed by atoms with Gasteiger partial charge in [-0.25, -0.2) is 0 Å². The molecule has 0 bridgehead atoms. The van der Waals surface area contributed by atoms with Crippen molar-refractivity contribution >= 4 is 5.91 Å². The van der Waals surface area contributed by atoms with Gasteiger partial charge in [0.25, 0.3) is 5.91 Å². The zero-order chi connectivity index (χ0) is 18.0. The molecule has 2 aromatic rings. The summed E-state index contributed by atoms with van der Waals surface area (Å²) in [5, 5.41) is 0. The summed E-state index contributed by atoms with van der Waals surface area (Å²) < 4.78 is 17.0. The van der Waals surface area contributed by atoms with Gasteiger partial charge in [0.1, 0.15) is 11.5 Å². The Kier molecular flexibility index (Phi) is 4.72. The van der Waals surface area contributed by atoms with Crippen molar-refractivity contribution < 1.29 is 18.7 Å². The van der Waals surface area contributed by atoms with Gasteiger partial charge in [0.05, 0.1) is 12.7 Å². The molecule has 1 spiro atoms. The fourth-order valence-electron chi connectivity index (χ4n) is 4.04. The van der Waals surface area contributed by atoms with Gasteiger partial charge in [0, 0.05) is 25.3 Å². The van der Waals surface area contributed by atoms with Crippen LogP contribution in [-0.2, 0) is 4.74 Å². The number of hydrogen-bond donors (Lipinski definition) is 0. The molecule has 1 amide bonds. The highest BCUT2D eigenvalue weighted by atomic mass is 16.5. The summed E-state index contributed by atoms with van der Waals surface area (Å²) in [5.41, 5.74) is 0.936. The first-order chi connectivity index (χ1) is 12.7. The lowest BCUT2D eigenvalue weighted by Gasteiger charge is -2.26. The predicted octanol–water partition coefficient (Wildman–Crippen LogP) is 4.13. The van der Waals surface area contributed by atoms with Crippen LogP contribution < -0.4 is 4.74 Å². The van der Waals surface area contributed by atoms with Crippen molar-refractivity contribution in [3.63, 3.8) is 0 Å². The van der Waals surface area contributed by atoms with Crippen molar-refractivity contribution in [3.05, 3.63) is 42.2 Å². The number of nitrogens with zero attached hydrogens (tertiary/aromatic N) is 1. The fourth-order valence-corrected chi connectivity index (χ4v) is 4.04. The number of carbonyl (C=O) groups is 1. The standard InChI is InChI=1S/C21H25NO4/c1-24-17-6-4-16(5-7-17)18-8-9-19(26-18)20(23)22-13-2-10-21(12-14-22)11-3-15-25-21/h4-9H,2-3,10-15H2,1H3/t21-/m1/s1. The zero-order valence-corrected chi connectivity index (χ0v) is 15.2. The maximum atomic E-state index is 12.9. The van der Waals surface area contributed by atoms with Crippen LogP contribution >= 0.6 is 0 Å². The van der Waals surface area contributed by atoms with Crippen molar-refractivity contribution in [1.82, 2.24) is 4.90 Å². The van der Waals surface area contributed by atoms with Crippen LogP contribution in [0.3, 0.4) is 0 Å². The highest BCUT2D eigenvalue weighted by Crippen LogP contribution is 2.36. The summed E-state index contributed by atoms with van der Waals surface area (Å²) in [6.45, 7) is 2.36. The molecule has 2 fully saturated rings. The molecule has 0 radical (unpaired) electrons. The van der Waals surface area contributed by atoms with Crippen molar-refractivity contribution in [1.29, 1.82) is 0 Å². The number of ether oxygens (including phenoxy) is 2. The molecule has 1 aromatic heterocycles. The van der Waals surface area contributed by atoms with Gasteiger partial charge in [-0.15, -0.1) is 0 Å². The van der Waals surface area contributed by atoms with E-state index in [9.17, 15) is 4.79 Å². The van der Waals surface area contributed by atoms with Crippen LogP contribution in [0.5, 0.6) is 5.75 Å². The van der Waals surface area contributed by atoms with Crippen LogP contribution in [0, 0.1) is 0 Å². The second kappa shape index (κ2) is 7.16. The first-order valence-electron chi connectivity index (χ1n) is 9.37. The van der Waals surface area contributed by atoms with E-state index in [1.807, 2.05) is 35.2 Å². The molecular formula is C21H25NO4. The lowest BCUT2D eigenvalue weighted by atomic mass is 9.92. The van der Waals surface area contributed by atoms with Crippen LogP contribution in [0.15, 0.2) is 40.8 Å². The van der Waals surface area contributed by atoms with E-state index in [0.717, 1.165) is 63.1 Å². The smallest absolute Gasteiger partial charge is 0.289 e. The van der Waals surface area contributed by atoms with E-state index in [0.29, 0.717) is 11.5 Å². The first kappa shape index (κ1) is 17.2. The summed E-state index contributed by atoms with van der Waals surface area (Å²) in [6.07, 6.45) is 5.21. The third kappa shape index (κ3) is 3.36. The monoisotopic (exact) mass is 355 g/mol. The maximum Gasteiger partial charge on any atom is 0.289 e. The largest absolute Gasteiger partial charge is 0.497 e. The zero-order valence-electron chi connectivity index (χ0n) is 15.2. The quantitative estimate of drug-likeness (QED) is 0.831. The molecule has 0 aliphatic carbocycles. The highest BCUT2D eigenvalue weighted by molar-refractivity contribution is 5.92. The Morgan fingerprint density at radius 2 is 1.85 bits per heavy atom. The predicted molar refractivity (Wildman–Crippen MR) is 98.4 cm³/mol. The number of benzene rings is 1. The summed E-state index contributed by atoms with van der Waals surface area (Å²) in [4.78, 5) is 14.8. The number of likely N-dealkylation sites (tertiary alicyclic amines) is 1. The van der Waals surface area contributed by atoms with Gasteiger partial charge in [0.2, 0.25) is 0 Å². The molecule has 2 aliphatic rings. The van der Waals surface area contributed by atoms with E-state index < -0.39 is 0 Å². The average Bonchev–Trinajstić information content (AvgIpc) is 3.29. The van der Waals surface area contributed by atoms with Crippen LogP contribution in [0.1, 0.15) is 42.7 Å². The first-order valence-corrected chi connectivity index (χ1v) is 9.37. The van der Waals surface area contributed by atoms with Gasteiger partial charge in [-0.1, -0.05) is 0 Å². The molecule has 0 N–H and O–H groups in total. The molecule has 138 valence electrons. The molecule has 26 heavy (non-hydrogen) atoms. The van der Waals surface area contributed by atoms with Crippen molar-refractivity contribution in [2.45, 2.75) is 37.7 Å². The molecule has 5 nitrogen and oxygen atoms in total. The Morgan fingerprint density at radius 3 is 2.58 bits per heavy atom. The Morgan fingerprint density at radius 1 is 1.04 bits per heavy atom. The second-order valence-corrected chi connectivity index (χ2v) is 7.17. The molecule has 4 rings (SSSR count). The molecule has 1 aromatic carbocycles. The van der Waals surface area contributed by atoms with Crippen LogP contribution in [0.25, 0.3) is 11.3 Å². The molecule has 2 saturated heterocycles. The van der Waals surface area contributed by atoms with Crippen LogP contribution in [0.4, 0.5) is 0 Å². The van der Waals surface area contributed by atoms with Gasteiger partial charge in [-0.2, -0.15) is 0 Å². The van der Waals surface area contributed by atoms with E-state index in [2.05, 4.69) is 0 Å². The summed E-state index contributed by atoms with van der Waals surface area (Å²) in [6, 6.07) is 11.3.